The zero-order valence-corrected chi connectivity index (χ0v) is 15.6. The predicted octanol–water partition coefficient (Wildman–Crippen LogP) is 5.33. The van der Waals surface area contributed by atoms with E-state index < -0.39 is 0 Å². The van der Waals surface area contributed by atoms with E-state index in [0.717, 1.165) is 38.9 Å². The first-order chi connectivity index (χ1) is 12.1. The number of benzene rings is 2. The van der Waals surface area contributed by atoms with Gasteiger partial charge < -0.3 is 5.32 Å². The minimum Gasteiger partial charge on any atom is -0.379 e. The van der Waals surface area contributed by atoms with Gasteiger partial charge in [0.15, 0.2) is 0 Å². The Balaban J connectivity index is 1.67. The number of aryl methyl sites for hydroxylation is 2. The Morgan fingerprint density at radius 3 is 2.28 bits per heavy atom. The molecule has 0 aliphatic carbocycles. The van der Waals surface area contributed by atoms with Crippen molar-refractivity contribution in [2.75, 3.05) is 18.4 Å². The summed E-state index contributed by atoms with van der Waals surface area (Å²) in [5.74, 6) is 0. The number of likely N-dealkylation sites (tertiary alicyclic amines) is 1. The molecule has 2 heteroatoms. The first-order valence-corrected chi connectivity index (χ1v) is 9.32. The Morgan fingerprint density at radius 2 is 1.68 bits per heavy atom. The van der Waals surface area contributed by atoms with E-state index in [-0.39, 0.29) is 5.54 Å². The molecule has 2 aromatic carbocycles. The third-order valence-electron chi connectivity index (χ3n) is 5.23. The van der Waals surface area contributed by atoms with E-state index in [9.17, 15) is 0 Å². The Morgan fingerprint density at radius 1 is 1.04 bits per heavy atom. The third kappa shape index (κ3) is 4.73. The maximum Gasteiger partial charge on any atom is 0.0432 e. The number of hydrogen-bond acceptors (Lipinski definition) is 2. The lowest BCUT2D eigenvalue weighted by Gasteiger charge is -2.43. The smallest absolute Gasteiger partial charge is 0.0432 e. The van der Waals surface area contributed by atoms with Crippen molar-refractivity contribution in [1.82, 2.24) is 4.90 Å². The van der Waals surface area contributed by atoms with Gasteiger partial charge >= 0.3 is 0 Å². The highest BCUT2D eigenvalue weighted by atomic mass is 15.2. The molecule has 0 unspecified atom stereocenters. The summed E-state index contributed by atoms with van der Waals surface area (Å²) in [5.41, 5.74) is 5.42. The fraction of sp³-hybridized carbons (Fsp3) is 0.391. The second kappa shape index (κ2) is 7.88. The van der Waals surface area contributed by atoms with E-state index in [2.05, 4.69) is 85.3 Å². The summed E-state index contributed by atoms with van der Waals surface area (Å²) in [5, 5.41) is 3.86. The summed E-state index contributed by atoms with van der Waals surface area (Å²) in [6.45, 7) is 11.6. The first kappa shape index (κ1) is 17.8. The summed E-state index contributed by atoms with van der Waals surface area (Å²) in [6.07, 6.45) is 5.39. The molecule has 0 bridgehead atoms. The lowest BCUT2D eigenvalue weighted by atomic mass is 9.83. The first-order valence-electron chi connectivity index (χ1n) is 9.32. The summed E-state index contributed by atoms with van der Waals surface area (Å²) in [7, 11) is 0. The minimum absolute atomic E-state index is 0.134. The van der Waals surface area contributed by atoms with E-state index in [1.54, 1.807) is 0 Å². The number of piperidine rings is 1. The molecule has 1 aliphatic rings. The molecule has 1 fully saturated rings. The van der Waals surface area contributed by atoms with Crippen molar-refractivity contribution in [3.63, 3.8) is 0 Å². The van der Waals surface area contributed by atoms with Gasteiger partial charge in [-0.2, -0.15) is 0 Å². The van der Waals surface area contributed by atoms with E-state index in [0.29, 0.717) is 0 Å². The monoisotopic (exact) mass is 334 g/mol. The lowest BCUT2D eigenvalue weighted by Crippen LogP contribution is -2.48. The largest absolute Gasteiger partial charge is 0.379 e. The van der Waals surface area contributed by atoms with Gasteiger partial charge in [-0.15, -0.1) is 6.58 Å². The van der Waals surface area contributed by atoms with Crippen LogP contribution in [0.2, 0.25) is 0 Å². The van der Waals surface area contributed by atoms with Gasteiger partial charge in [-0.3, -0.25) is 4.90 Å². The molecule has 1 saturated heterocycles. The third-order valence-corrected chi connectivity index (χ3v) is 5.23. The molecule has 1 N–H and O–H groups in total. The molecule has 2 nitrogen and oxygen atoms in total. The average molecular weight is 335 g/mol. The molecular weight excluding hydrogens is 304 g/mol. The van der Waals surface area contributed by atoms with Crippen LogP contribution in [0, 0.1) is 13.8 Å². The maximum absolute atomic E-state index is 4.01. The van der Waals surface area contributed by atoms with Gasteiger partial charge in [-0.1, -0.05) is 42.5 Å². The van der Waals surface area contributed by atoms with Gasteiger partial charge in [0.25, 0.3) is 0 Å². The van der Waals surface area contributed by atoms with Crippen LogP contribution >= 0.6 is 0 Å². The Bertz CT molecular complexity index is 677. The van der Waals surface area contributed by atoms with Gasteiger partial charge in [0.2, 0.25) is 0 Å². The zero-order chi connectivity index (χ0) is 17.7. The van der Waals surface area contributed by atoms with Crippen LogP contribution in [-0.2, 0) is 6.54 Å². The number of rotatable bonds is 6. The van der Waals surface area contributed by atoms with E-state index >= 15 is 0 Å². The van der Waals surface area contributed by atoms with Crippen molar-refractivity contribution in [3.05, 3.63) is 77.9 Å². The zero-order valence-electron chi connectivity index (χ0n) is 15.6. The second-order valence-electron chi connectivity index (χ2n) is 7.54. The lowest BCUT2D eigenvalue weighted by molar-refractivity contribution is 0.167. The second-order valence-corrected chi connectivity index (χ2v) is 7.54. The average Bonchev–Trinajstić information content (AvgIpc) is 2.57. The van der Waals surface area contributed by atoms with E-state index in [4.69, 9.17) is 0 Å². The molecule has 3 rings (SSSR count). The Hall–Kier alpha value is -2.06. The van der Waals surface area contributed by atoms with Crippen molar-refractivity contribution in [1.29, 1.82) is 0 Å². The fourth-order valence-corrected chi connectivity index (χ4v) is 3.99. The number of hydrogen-bond donors (Lipinski definition) is 1. The van der Waals surface area contributed by atoms with Crippen LogP contribution in [0.25, 0.3) is 0 Å². The highest BCUT2D eigenvalue weighted by Gasteiger charge is 2.33. The summed E-state index contributed by atoms with van der Waals surface area (Å²) in [4.78, 5) is 2.57. The SMILES string of the molecule is C=CCC1(Nc2cc(C)cc(C)c2)CCN(Cc2ccccc2)CC1. The molecule has 0 amide bonds. The topological polar surface area (TPSA) is 15.3 Å². The maximum atomic E-state index is 4.01. The molecule has 25 heavy (non-hydrogen) atoms. The number of anilines is 1. The molecule has 1 heterocycles. The van der Waals surface area contributed by atoms with Crippen molar-refractivity contribution < 1.29 is 0 Å². The van der Waals surface area contributed by atoms with Crippen molar-refractivity contribution >= 4 is 5.69 Å². The van der Waals surface area contributed by atoms with Crippen LogP contribution in [0.4, 0.5) is 5.69 Å². The van der Waals surface area contributed by atoms with Gasteiger partial charge in [0.05, 0.1) is 0 Å². The van der Waals surface area contributed by atoms with Crippen molar-refractivity contribution in [2.24, 2.45) is 0 Å². The standard InChI is InChI=1S/C23H30N2/c1-4-10-23(24-22-16-19(2)15-20(3)17-22)11-13-25(14-12-23)18-21-8-6-5-7-9-21/h4-9,15-17,24H,1,10-14,18H2,2-3H3. The number of nitrogens with one attached hydrogen (secondary N) is 1. The molecule has 0 saturated carbocycles. The molecule has 0 atom stereocenters. The van der Waals surface area contributed by atoms with Gasteiger partial charge in [0.1, 0.15) is 0 Å². The normalized spacial score (nSPS) is 17.2. The quantitative estimate of drug-likeness (QED) is 0.719. The summed E-state index contributed by atoms with van der Waals surface area (Å²) < 4.78 is 0. The molecule has 0 aromatic heterocycles. The molecule has 0 spiro atoms. The van der Waals surface area contributed by atoms with Crippen LogP contribution in [0.15, 0.2) is 61.2 Å². The highest BCUT2D eigenvalue weighted by Crippen LogP contribution is 2.31. The van der Waals surface area contributed by atoms with E-state index in [1.807, 2.05) is 0 Å². The van der Waals surface area contributed by atoms with Gasteiger partial charge in [0, 0.05) is 30.9 Å². The van der Waals surface area contributed by atoms with Crippen LogP contribution < -0.4 is 5.32 Å². The number of nitrogens with zero attached hydrogens (tertiary/aromatic N) is 1. The van der Waals surface area contributed by atoms with Crippen molar-refractivity contribution in [3.8, 4) is 0 Å². The highest BCUT2D eigenvalue weighted by molar-refractivity contribution is 5.50. The molecule has 0 radical (unpaired) electrons. The fourth-order valence-electron chi connectivity index (χ4n) is 3.99. The van der Waals surface area contributed by atoms with Crippen LogP contribution in [0.1, 0.15) is 36.0 Å². The Labute approximate surface area is 152 Å². The van der Waals surface area contributed by atoms with Crippen LogP contribution in [-0.4, -0.2) is 23.5 Å². The molecule has 1 aliphatic heterocycles. The van der Waals surface area contributed by atoms with E-state index in [1.165, 1.54) is 22.4 Å². The molecular formula is C23H30N2. The van der Waals surface area contributed by atoms with Crippen LogP contribution in [0.5, 0.6) is 0 Å². The Kier molecular flexibility index (Phi) is 5.60. The van der Waals surface area contributed by atoms with Gasteiger partial charge in [-0.25, -0.2) is 0 Å². The van der Waals surface area contributed by atoms with Gasteiger partial charge in [-0.05, 0) is 61.9 Å². The van der Waals surface area contributed by atoms with Crippen molar-refractivity contribution in [2.45, 2.75) is 45.2 Å². The summed E-state index contributed by atoms with van der Waals surface area (Å²) in [6, 6.07) is 17.5. The van der Waals surface area contributed by atoms with Crippen LogP contribution in [0.3, 0.4) is 0 Å². The summed E-state index contributed by atoms with van der Waals surface area (Å²) >= 11 is 0. The minimum atomic E-state index is 0.134. The predicted molar refractivity (Wildman–Crippen MR) is 108 cm³/mol. The molecule has 2 aromatic rings. The molecule has 132 valence electrons.